The number of hydrogen-bond donors (Lipinski definition) is 2. The monoisotopic (exact) mass is 173 g/mol. The minimum Gasteiger partial charge on any atom is -0.395 e. The Balaban J connectivity index is 3.41. The predicted molar refractivity (Wildman–Crippen MR) is 53.2 cm³/mol. The van der Waals surface area contributed by atoms with E-state index >= 15 is 0 Å². The Labute approximate surface area is 76.4 Å². The zero-order chi connectivity index (χ0) is 9.61. The van der Waals surface area contributed by atoms with Gasteiger partial charge in [0.25, 0.3) is 0 Å². The number of nitrogens with one attached hydrogen (secondary N) is 1. The summed E-state index contributed by atoms with van der Waals surface area (Å²) in [6.45, 7) is 10.0. The van der Waals surface area contributed by atoms with Crippen LogP contribution in [0.15, 0.2) is 0 Å². The van der Waals surface area contributed by atoms with Crippen LogP contribution in [0.3, 0.4) is 0 Å². The summed E-state index contributed by atoms with van der Waals surface area (Å²) in [6, 6.07) is 0.285. The Morgan fingerprint density at radius 3 is 2.25 bits per heavy atom. The van der Waals surface area contributed by atoms with Gasteiger partial charge in [-0.15, -0.1) is 0 Å². The summed E-state index contributed by atoms with van der Waals surface area (Å²) >= 11 is 0. The molecule has 74 valence electrons. The molecule has 1 unspecified atom stereocenters. The molecule has 0 amide bonds. The molecule has 0 aliphatic carbocycles. The average Bonchev–Trinajstić information content (AvgIpc) is 1.96. The van der Waals surface area contributed by atoms with Crippen LogP contribution in [0.2, 0.25) is 0 Å². The Morgan fingerprint density at radius 1 is 1.33 bits per heavy atom. The smallest absolute Gasteiger partial charge is 0.0584 e. The summed E-state index contributed by atoms with van der Waals surface area (Å²) in [4.78, 5) is 0. The minimum atomic E-state index is 0.251. The van der Waals surface area contributed by atoms with Crippen LogP contribution in [0.4, 0.5) is 0 Å². The topological polar surface area (TPSA) is 32.3 Å². The Hall–Kier alpha value is -0.0800. The molecule has 1 atom stereocenters. The van der Waals surface area contributed by atoms with E-state index in [2.05, 4.69) is 33.0 Å². The van der Waals surface area contributed by atoms with Gasteiger partial charge in [-0.2, -0.15) is 0 Å². The van der Waals surface area contributed by atoms with Crippen LogP contribution >= 0.6 is 0 Å². The first-order valence-corrected chi connectivity index (χ1v) is 4.84. The first-order chi connectivity index (χ1) is 5.49. The van der Waals surface area contributed by atoms with Gasteiger partial charge in [0.1, 0.15) is 0 Å². The van der Waals surface area contributed by atoms with Crippen molar-refractivity contribution in [2.75, 3.05) is 13.2 Å². The summed E-state index contributed by atoms with van der Waals surface area (Å²) in [5, 5.41) is 12.2. The van der Waals surface area contributed by atoms with Gasteiger partial charge >= 0.3 is 0 Å². The molecule has 2 heteroatoms. The zero-order valence-electron chi connectivity index (χ0n) is 8.85. The molecule has 0 bridgehead atoms. The lowest BCUT2D eigenvalue weighted by Gasteiger charge is -2.20. The zero-order valence-corrected chi connectivity index (χ0v) is 8.85. The molecule has 0 rings (SSSR count). The second kappa shape index (κ2) is 5.55. The van der Waals surface area contributed by atoms with Crippen LogP contribution < -0.4 is 5.32 Å². The molecule has 2 N–H and O–H groups in total. The van der Waals surface area contributed by atoms with Crippen molar-refractivity contribution in [3.8, 4) is 0 Å². The third kappa shape index (κ3) is 6.62. The first kappa shape index (κ1) is 11.9. The Kier molecular flexibility index (Phi) is 5.51. The van der Waals surface area contributed by atoms with Crippen LogP contribution in [-0.2, 0) is 0 Å². The van der Waals surface area contributed by atoms with Gasteiger partial charge in [0.2, 0.25) is 0 Å². The summed E-state index contributed by atoms with van der Waals surface area (Å²) in [7, 11) is 0. The van der Waals surface area contributed by atoms with Crippen molar-refractivity contribution in [2.45, 2.75) is 46.6 Å². The maximum absolute atomic E-state index is 8.89. The van der Waals surface area contributed by atoms with Crippen molar-refractivity contribution in [3.05, 3.63) is 0 Å². The number of hydrogen-bond acceptors (Lipinski definition) is 2. The van der Waals surface area contributed by atoms with E-state index in [0.717, 1.165) is 19.4 Å². The normalized spacial score (nSPS) is 14.8. The quantitative estimate of drug-likeness (QED) is 0.664. The summed E-state index contributed by atoms with van der Waals surface area (Å²) in [5.74, 6) is 0. The van der Waals surface area contributed by atoms with E-state index in [1.54, 1.807) is 0 Å². The maximum Gasteiger partial charge on any atom is 0.0584 e. The number of aliphatic hydroxyl groups excluding tert-OH is 1. The van der Waals surface area contributed by atoms with Crippen molar-refractivity contribution < 1.29 is 5.11 Å². The first-order valence-electron chi connectivity index (χ1n) is 4.84. The fourth-order valence-corrected chi connectivity index (χ4v) is 0.989. The van der Waals surface area contributed by atoms with Crippen LogP contribution in [0, 0.1) is 5.41 Å². The summed E-state index contributed by atoms with van der Waals surface area (Å²) in [6.07, 6.45) is 2.16. The second-order valence-corrected chi connectivity index (χ2v) is 4.55. The van der Waals surface area contributed by atoms with Crippen molar-refractivity contribution in [3.63, 3.8) is 0 Å². The van der Waals surface area contributed by atoms with E-state index in [0.29, 0.717) is 5.41 Å². The van der Waals surface area contributed by atoms with Gasteiger partial charge in [0.05, 0.1) is 6.61 Å². The number of aliphatic hydroxyl groups is 1. The fourth-order valence-electron chi connectivity index (χ4n) is 0.989. The van der Waals surface area contributed by atoms with Crippen molar-refractivity contribution >= 4 is 0 Å². The molecule has 0 heterocycles. The van der Waals surface area contributed by atoms with Crippen LogP contribution in [0.25, 0.3) is 0 Å². The molecular formula is C10H23NO. The molecule has 0 saturated carbocycles. The molecule has 0 fully saturated rings. The van der Waals surface area contributed by atoms with E-state index in [9.17, 15) is 0 Å². The van der Waals surface area contributed by atoms with Crippen molar-refractivity contribution in [1.82, 2.24) is 5.32 Å². The van der Waals surface area contributed by atoms with E-state index in [1.807, 2.05) is 0 Å². The number of rotatable bonds is 5. The van der Waals surface area contributed by atoms with E-state index in [-0.39, 0.29) is 12.6 Å². The third-order valence-corrected chi connectivity index (χ3v) is 2.02. The highest BCUT2D eigenvalue weighted by molar-refractivity contribution is 4.67. The lowest BCUT2D eigenvalue weighted by Crippen LogP contribution is -2.33. The maximum atomic E-state index is 8.89. The molecule has 2 nitrogen and oxygen atoms in total. The van der Waals surface area contributed by atoms with E-state index in [4.69, 9.17) is 5.11 Å². The Bertz CT molecular complexity index is 103. The highest BCUT2D eigenvalue weighted by Crippen LogP contribution is 2.17. The molecule has 0 spiro atoms. The van der Waals surface area contributed by atoms with Crippen LogP contribution in [0.1, 0.15) is 40.5 Å². The molecule has 12 heavy (non-hydrogen) atoms. The molecule has 0 aliphatic heterocycles. The van der Waals surface area contributed by atoms with Crippen LogP contribution in [0.5, 0.6) is 0 Å². The second-order valence-electron chi connectivity index (χ2n) is 4.55. The van der Waals surface area contributed by atoms with Crippen LogP contribution in [-0.4, -0.2) is 24.3 Å². The molecule has 0 aliphatic rings. The average molecular weight is 173 g/mol. The van der Waals surface area contributed by atoms with E-state index < -0.39 is 0 Å². The minimum absolute atomic E-state index is 0.251. The lowest BCUT2D eigenvalue weighted by atomic mass is 9.92. The van der Waals surface area contributed by atoms with Gasteiger partial charge in [0.15, 0.2) is 0 Å². The lowest BCUT2D eigenvalue weighted by molar-refractivity contribution is 0.232. The van der Waals surface area contributed by atoms with Gasteiger partial charge in [-0.25, -0.2) is 0 Å². The molecule has 0 aromatic carbocycles. The predicted octanol–water partition coefficient (Wildman–Crippen LogP) is 1.78. The van der Waals surface area contributed by atoms with Gasteiger partial charge in [-0.3, -0.25) is 0 Å². The van der Waals surface area contributed by atoms with Gasteiger partial charge in [-0.1, -0.05) is 27.7 Å². The molecule has 0 aromatic rings. The van der Waals surface area contributed by atoms with Crippen molar-refractivity contribution in [1.29, 1.82) is 0 Å². The summed E-state index contributed by atoms with van der Waals surface area (Å²) in [5.41, 5.74) is 0.390. The van der Waals surface area contributed by atoms with Gasteiger partial charge in [-0.05, 0) is 24.8 Å². The summed E-state index contributed by atoms with van der Waals surface area (Å²) < 4.78 is 0. The molecule has 0 aromatic heterocycles. The standard InChI is InChI=1S/C10H23NO/c1-5-9(8-12)11-7-6-10(2,3)4/h9,11-12H,5-8H2,1-4H3. The SMILES string of the molecule is CCC(CO)NCCC(C)(C)C. The molecular weight excluding hydrogens is 150 g/mol. The van der Waals surface area contributed by atoms with Gasteiger partial charge in [0, 0.05) is 6.04 Å². The molecule has 0 saturated heterocycles. The molecule has 0 radical (unpaired) electrons. The Morgan fingerprint density at radius 2 is 1.92 bits per heavy atom. The van der Waals surface area contributed by atoms with Crippen molar-refractivity contribution in [2.24, 2.45) is 5.41 Å². The van der Waals surface area contributed by atoms with Gasteiger partial charge < -0.3 is 10.4 Å². The highest BCUT2D eigenvalue weighted by Gasteiger charge is 2.10. The van der Waals surface area contributed by atoms with E-state index in [1.165, 1.54) is 0 Å². The largest absolute Gasteiger partial charge is 0.395 e. The third-order valence-electron chi connectivity index (χ3n) is 2.02. The highest BCUT2D eigenvalue weighted by atomic mass is 16.3. The fraction of sp³-hybridized carbons (Fsp3) is 1.00.